The van der Waals surface area contributed by atoms with Crippen molar-refractivity contribution in [3.05, 3.63) is 65.2 Å². The molecule has 5 nitrogen and oxygen atoms in total. The first kappa shape index (κ1) is 25.3. The van der Waals surface area contributed by atoms with Gasteiger partial charge in [-0.05, 0) is 54.7 Å². The number of morpholine rings is 1. The quantitative estimate of drug-likeness (QED) is 0.432. The van der Waals surface area contributed by atoms with Crippen LogP contribution in [0.5, 0.6) is 0 Å². The van der Waals surface area contributed by atoms with Gasteiger partial charge in [0.15, 0.2) is 0 Å². The van der Waals surface area contributed by atoms with E-state index < -0.39 is 0 Å². The minimum atomic E-state index is 0.119. The first-order valence-electron chi connectivity index (χ1n) is 12.5. The molecule has 5 heteroatoms. The second kappa shape index (κ2) is 13.4. The number of anilines is 1. The van der Waals surface area contributed by atoms with Gasteiger partial charge < -0.3 is 14.5 Å². The van der Waals surface area contributed by atoms with E-state index in [2.05, 4.69) is 53.1 Å². The molecule has 0 N–H and O–H groups in total. The molecular formula is C28H41N3O2. The van der Waals surface area contributed by atoms with Gasteiger partial charge >= 0.3 is 0 Å². The van der Waals surface area contributed by atoms with Crippen LogP contribution in [0.15, 0.2) is 48.5 Å². The summed E-state index contributed by atoms with van der Waals surface area (Å²) in [6, 6.07) is 16.8. The topological polar surface area (TPSA) is 36.0 Å². The summed E-state index contributed by atoms with van der Waals surface area (Å²) in [7, 11) is 4.09. The van der Waals surface area contributed by atoms with E-state index in [0.717, 1.165) is 63.4 Å². The largest absolute Gasteiger partial charge is 0.379 e. The number of carbonyl (C=O) groups is 1. The normalized spacial score (nSPS) is 14.3. The molecule has 0 atom stereocenters. The third-order valence-corrected chi connectivity index (χ3v) is 6.39. The van der Waals surface area contributed by atoms with E-state index >= 15 is 0 Å². The molecule has 2 aromatic rings. The standard InChI is InChI=1S/C28H41N3O2/c1-4-5-6-8-24-9-13-26(14-10-24)28(32)31(18-7-17-30-19-21-33-22-20-30)23-25-11-15-27(16-12-25)29(2)3/h9-16H,4-8,17-23H2,1-3H3. The fraction of sp³-hybridized carbons (Fsp3) is 0.536. The van der Waals surface area contributed by atoms with Crippen molar-refractivity contribution in [3.63, 3.8) is 0 Å². The van der Waals surface area contributed by atoms with Crippen LogP contribution >= 0.6 is 0 Å². The summed E-state index contributed by atoms with van der Waals surface area (Å²) in [6.45, 7) is 8.21. The lowest BCUT2D eigenvalue weighted by molar-refractivity contribution is 0.0355. The molecule has 1 amide bonds. The molecule has 0 spiro atoms. The third-order valence-electron chi connectivity index (χ3n) is 6.39. The van der Waals surface area contributed by atoms with Gasteiger partial charge in [-0.15, -0.1) is 0 Å². The SMILES string of the molecule is CCCCCc1ccc(C(=O)N(CCCN2CCOCC2)Cc2ccc(N(C)C)cc2)cc1. The Morgan fingerprint density at radius 2 is 1.58 bits per heavy atom. The zero-order valence-electron chi connectivity index (χ0n) is 20.8. The van der Waals surface area contributed by atoms with Gasteiger partial charge in [0.2, 0.25) is 0 Å². The van der Waals surface area contributed by atoms with Gasteiger partial charge in [-0.2, -0.15) is 0 Å². The van der Waals surface area contributed by atoms with Gasteiger partial charge in [-0.25, -0.2) is 0 Å². The molecule has 1 saturated heterocycles. The molecule has 1 fully saturated rings. The zero-order valence-corrected chi connectivity index (χ0v) is 20.8. The molecule has 33 heavy (non-hydrogen) atoms. The average Bonchev–Trinajstić information content (AvgIpc) is 2.84. The Hall–Kier alpha value is -2.37. The van der Waals surface area contributed by atoms with Crippen LogP contribution in [-0.2, 0) is 17.7 Å². The maximum atomic E-state index is 13.5. The summed E-state index contributed by atoms with van der Waals surface area (Å²) in [5.41, 5.74) is 4.43. The van der Waals surface area contributed by atoms with E-state index in [1.54, 1.807) is 0 Å². The first-order valence-corrected chi connectivity index (χ1v) is 12.5. The summed E-state index contributed by atoms with van der Waals surface area (Å²) in [5, 5.41) is 0. The molecule has 0 aromatic heterocycles. The van der Waals surface area contributed by atoms with Crippen LogP contribution in [0.1, 0.15) is 54.1 Å². The lowest BCUT2D eigenvalue weighted by Crippen LogP contribution is -2.39. The van der Waals surface area contributed by atoms with Crippen molar-refractivity contribution in [3.8, 4) is 0 Å². The monoisotopic (exact) mass is 451 g/mol. The molecule has 180 valence electrons. The van der Waals surface area contributed by atoms with Crippen LogP contribution in [0.25, 0.3) is 0 Å². The lowest BCUT2D eigenvalue weighted by Gasteiger charge is -2.28. The molecule has 0 bridgehead atoms. The van der Waals surface area contributed by atoms with Gasteiger partial charge in [0.05, 0.1) is 13.2 Å². The smallest absolute Gasteiger partial charge is 0.254 e. The van der Waals surface area contributed by atoms with Crippen molar-refractivity contribution in [2.75, 3.05) is 58.4 Å². The number of benzene rings is 2. The van der Waals surface area contributed by atoms with Crippen LogP contribution in [-0.4, -0.2) is 69.2 Å². The van der Waals surface area contributed by atoms with Crippen molar-refractivity contribution in [1.82, 2.24) is 9.80 Å². The third kappa shape index (κ3) is 8.17. The van der Waals surface area contributed by atoms with E-state index in [1.165, 1.54) is 30.5 Å². The van der Waals surface area contributed by atoms with Crippen LogP contribution < -0.4 is 4.90 Å². The highest BCUT2D eigenvalue weighted by molar-refractivity contribution is 5.94. The van der Waals surface area contributed by atoms with Crippen LogP contribution in [0.2, 0.25) is 0 Å². The molecule has 1 aliphatic rings. The summed E-state index contributed by atoms with van der Waals surface area (Å²) < 4.78 is 5.46. The number of aryl methyl sites for hydroxylation is 1. The van der Waals surface area contributed by atoms with Crippen molar-refractivity contribution in [1.29, 1.82) is 0 Å². The van der Waals surface area contributed by atoms with Crippen LogP contribution in [0, 0.1) is 0 Å². The second-order valence-electron chi connectivity index (χ2n) is 9.25. The Balaban J connectivity index is 1.65. The van der Waals surface area contributed by atoms with Crippen molar-refractivity contribution < 1.29 is 9.53 Å². The second-order valence-corrected chi connectivity index (χ2v) is 9.25. The molecule has 0 saturated carbocycles. The fourth-order valence-corrected chi connectivity index (χ4v) is 4.26. The Morgan fingerprint density at radius 1 is 0.909 bits per heavy atom. The highest BCUT2D eigenvalue weighted by atomic mass is 16.5. The van der Waals surface area contributed by atoms with Crippen molar-refractivity contribution in [2.24, 2.45) is 0 Å². The summed E-state index contributed by atoms with van der Waals surface area (Å²) in [5.74, 6) is 0.119. The lowest BCUT2D eigenvalue weighted by atomic mass is 10.0. The van der Waals surface area contributed by atoms with Gasteiger partial charge in [-0.1, -0.05) is 44.0 Å². The number of amides is 1. The van der Waals surface area contributed by atoms with E-state index in [0.29, 0.717) is 6.54 Å². The van der Waals surface area contributed by atoms with E-state index in [4.69, 9.17) is 4.74 Å². The molecule has 0 aliphatic carbocycles. The number of nitrogens with zero attached hydrogens (tertiary/aromatic N) is 3. The highest BCUT2D eigenvalue weighted by Gasteiger charge is 2.18. The van der Waals surface area contributed by atoms with E-state index in [9.17, 15) is 4.79 Å². The maximum absolute atomic E-state index is 13.5. The van der Waals surface area contributed by atoms with Crippen LogP contribution in [0.4, 0.5) is 5.69 Å². The Bertz CT molecular complexity index is 827. The Morgan fingerprint density at radius 3 is 2.21 bits per heavy atom. The number of carbonyl (C=O) groups excluding carboxylic acids is 1. The predicted molar refractivity (Wildman–Crippen MR) is 137 cm³/mol. The summed E-state index contributed by atoms with van der Waals surface area (Å²) in [4.78, 5) is 20.0. The predicted octanol–water partition coefficient (Wildman–Crippen LogP) is 4.85. The number of hydrogen-bond acceptors (Lipinski definition) is 4. The van der Waals surface area contributed by atoms with E-state index in [1.807, 2.05) is 31.1 Å². The number of rotatable bonds is 12. The summed E-state index contributed by atoms with van der Waals surface area (Å²) >= 11 is 0. The highest BCUT2D eigenvalue weighted by Crippen LogP contribution is 2.17. The molecule has 0 radical (unpaired) electrons. The van der Waals surface area contributed by atoms with Gasteiger partial charge in [0.1, 0.15) is 0 Å². The number of ether oxygens (including phenoxy) is 1. The number of hydrogen-bond donors (Lipinski definition) is 0. The molecular weight excluding hydrogens is 410 g/mol. The minimum absolute atomic E-state index is 0.119. The first-order chi connectivity index (χ1) is 16.1. The fourth-order valence-electron chi connectivity index (χ4n) is 4.26. The Labute approximate surface area is 200 Å². The van der Waals surface area contributed by atoms with E-state index in [-0.39, 0.29) is 5.91 Å². The zero-order chi connectivity index (χ0) is 23.5. The molecule has 0 unspecified atom stereocenters. The van der Waals surface area contributed by atoms with Crippen molar-refractivity contribution in [2.45, 2.75) is 45.6 Å². The average molecular weight is 452 g/mol. The molecule has 2 aromatic carbocycles. The van der Waals surface area contributed by atoms with Gasteiger partial charge in [0, 0.05) is 58.1 Å². The molecule has 1 heterocycles. The van der Waals surface area contributed by atoms with Crippen molar-refractivity contribution >= 4 is 11.6 Å². The van der Waals surface area contributed by atoms with Crippen LogP contribution in [0.3, 0.4) is 0 Å². The molecule has 3 rings (SSSR count). The van der Waals surface area contributed by atoms with Gasteiger partial charge in [0.25, 0.3) is 5.91 Å². The number of unbranched alkanes of at least 4 members (excludes halogenated alkanes) is 2. The summed E-state index contributed by atoms with van der Waals surface area (Å²) in [6.07, 6.45) is 5.75. The minimum Gasteiger partial charge on any atom is -0.379 e. The maximum Gasteiger partial charge on any atom is 0.254 e. The Kier molecular flexibility index (Phi) is 10.2. The van der Waals surface area contributed by atoms with Gasteiger partial charge in [-0.3, -0.25) is 9.69 Å². The molecule has 1 aliphatic heterocycles.